The molecule has 29 heavy (non-hydrogen) atoms. The first kappa shape index (κ1) is 18.0. The van der Waals surface area contributed by atoms with Gasteiger partial charge in [-0.2, -0.15) is 5.10 Å². The number of hydrogen-bond acceptors (Lipinski definition) is 5. The van der Waals surface area contributed by atoms with Gasteiger partial charge in [-0.25, -0.2) is 9.50 Å². The Morgan fingerprint density at radius 2 is 2.00 bits per heavy atom. The van der Waals surface area contributed by atoms with Crippen molar-refractivity contribution in [1.29, 1.82) is 0 Å². The number of benzene rings is 1. The van der Waals surface area contributed by atoms with Crippen molar-refractivity contribution < 1.29 is 14.3 Å². The Morgan fingerprint density at radius 3 is 2.86 bits per heavy atom. The highest BCUT2D eigenvalue weighted by Crippen LogP contribution is 2.34. The van der Waals surface area contributed by atoms with Gasteiger partial charge in [-0.3, -0.25) is 4.79 Å². The summed E-state index contributed by atoms with van der Waals surface area (Å²) in [6.45, 7) is 2.74. The van der Waals surface area contributed by atoms with Crippen molar-refractivity contribution in [3.8, 4) is 11.5 Å². The van der Waals surface area contributed by atoms with Gasteiger partial charge in [0.05, 0.1) is 6.20 Å². The molecule has 7 nitrogen and oxygen atoms in total. The molecule has 1 aromatic carbocycles. The zero-order valence-corrected chi connectivity index (χ0v) is 16.5. The molecule has 2 aliphatic rings. The Balaban J connectivity index is 1.48. The maximum absolute atomic E-state index is 13.6. The van der Waals surface area contributed by atoms with E-state index in [9.17, 15) is 4.79 Å². The largest absolute Gasteiger partial charge is 0.454 e. The van der Waals surface area contributed by atoms with E-state index in [1.807, 2.05) is 36.2 Å². The number of fused-ring (bicyclic) bond motifs is 2. The van der Waals surface area contributed by atoms with Crippen LogP contribution in [0.4, 0.5) is 0 Å². The number of aromatic nitrogens is 3. The molecule has 1 aliphatic carbocycles. The van der Waals surface area contributed by atoms with Gasteiger partial charge in [0.25, 0.3) is 5.91 Å². The highest BCUT2D eigenvalue weighted by Gasteiger charge is 2.29. The van der Waals surface area contributed by atoms with Gasteiger partial charge in [0.1, 0.15) is 5.56 Å². The standard InChI is InChI=1S/C22H24N4O3/c1-15-10-23-21-18(11-24-26(21)12-15)22(27)25(17-5-3-2-4-6-17)13-16-7-8-19-20(9-16)29-14-28-19/h7-12,17H,2-6,13-14H2,1H3. The minimum absolute atomic E-state index is 0.0130. The van der Waals surface area contributed by atoms with Crippen molar-refractivity contribution in [2.24, 2.45) is 0 Å². The number of hydrogen-bond donors (Lipinski definition) is 0. The first-order valence-electron chi connectivity index (χ1n) is 10.2. The lowest BCUT2D eigenvalue weighted by Gasteiger charge is -2.34. The molecule has 1 aliphatic heterocycles. The number of carbonyl (C=O) groups excluding carboxylic acids is 1. The monoisotopic (exact) mass is 392 g/mol. The molecule has 0 unspecified atom stereocenters. The molecule has 0 bridgehead atoms. The zero-order valence-electron chi connectivity index (χ0n) is 16.5. The Labute approximate surface area is 169 Å². The third kappa shape index (κ3) is 3.41. The van der Waals surface area contributed by atoms with Crippen molar-refractivity contribution >= 4 is 11.6 Å². The van der Waals surface area contributed by atoms with Gasteiger partial charge < -0.3 is 14.4 Å². The van der Waals surface area contributed by atoms with Crippen LogP contribution in [0.1, 0.15) is 53.6 Å². The fourth-order valence-electron chi connectivity index (χ4n) is 4.27. The van der Waals surface area contributed by atoms with Gasteiger partial charge in [-0.15, -0.1) is 0 Å². The van der Waals surface area contributed by atoms with Crippen LogP contribution < -0.4 is 9.47 Å². The molecule has 1 saturated carbocycles. The molecule has 0 atom stereocenters. The SMILES string of the molecule is Cc1cnc2c(C(=O)N(Cc3ccc4c(c3)OCO4)C3CCCCC3)cnn2c1. The lowest BCUT2D eigenvalue weighted by Crippen LogP contribution is -2.41. The van der Waals surface area contributed by atoms with Crippen LogP contribution >= 0.6 is 0 Å². The second-order valence-electron chi connectivity index (χ2n) is 7.87. The molecule has 150 valence electrons. The second-order valence-corrected chi connectivity index (χ2v) is 7.87. The molecule has 3 aromatic rings. The molecule has 1 fully saturated rings. The van der Waals surface area contributed by atoms with E-state index in [4.69, 9.17) is 9.47 Å². The summed E-state index contributed by atoms with van der Waals surface area (Å²) in [7, 11) is 0. The molecular formula is C22H24N4O3. The molecule has 3 heterocycles. The summed E-state index contributed by atoms with van der Waals surface area (Å²) in [5, 5.41) is 4.35. The maximum atomic E-state index is 13.6. The van der Waals surface area contributed by atoms with Crippen molar-refractivity contribution in [3.63, 3.8) is 0 Å². The minimum atomic E-state index is -0.0130. The molecule has 2 aromatic heterocycles. The van der Waals surface area contributed by atoms with E-state index in [0.29, 0.717) is 17.8 Å². The van der Waals surface area contributed by atoms with Crippen LogP contribution in [0.25, 0.3) is 5.65 Å². The highest BCUT2D eigenvalue weighted by atomic mass is 16.7. The Kier molecular flexibility index (Phi) is 4.58. The van der Waals surface area contributed by atoms with Gasteiger partial charge >= 0.3 is 0 Å². The Hall–Kier alpha value is -3.09. The predicted octanol–water partition coefficient (Wildman–Crippen LogP) is 3.74. The molecule has 1 amide bonds. The molecule has 0 saturated heterocycles. The average molecular weight is 392 g/mol. The Morgan fingerprint density at radius 1 is 1.17 bits per heavy atom. The zero-order chi connectivity index (χ0) is 19.8. The van der Waals surface area contributed by atoms with E-state index < -0.39 is 0 Å². The van der Waals surface area contributed by atoms with Crippen LogP contribution in [0.2, 0.25) is 0 Å². The van der Waals surface area contributed by atoms with E-state index >= 15 is 0 Å². The highest BCUT2D eigenvalue weighted by molar-refractivity contribution is 5.99. The molecule has 0 radical (unpaired) electrons. The van der Waals surface area contributed by atoms with Crippen molar-refractivity contribution in [3.05, 3.63) is 53.5 Å². The van der Waals surface area contributed by atoms with Gasteiger partial charge in [0.15, 0.2) is 17.1 Å². The third-order valence-electron chi connectivity index (χ3n) is 5.78. The molecule has 0 N–H and O–H groups in total. The summed E-state index contributed by atoms with van der Waals surface area (Å²) < 4.78 is 12.6. The minimum Gasteiger partial charge on any atom is -0.454 e. The van der Waals surface area contributed by atoms with Gasteiger partial charge in [-0.05, 0) is 43.0 Å². The maximum Gasteiger partial charge on any atom is 0.259 e. The molecule has 0 spiro atoms. The summed E-state index contributed by atoms with van der Waals surface area (Å²) in [6, 6.07) is 6.13. The summed E-state index contributed by atoms with van der Waals surface area (Å²) in [4.78, 5) is 20.1. The van der Waals surface area contributed by atoms with Gasteiger partial charge in [-0.1, -0.05) is 25.3 Å². The Bertz CT molecular complexity index is 1060. The van der Waals surface area contributed by atoms with E-state index in [-0.39, 0.29) is 18.7 Å². The molecule has 5 rings (SSSR count). The van der Waals surface area contributed by atoms with E-state index in [1.165, 1.54) is 6.42 Å². The van der Waals surface area contributed by atoms with Crippen LogP contribution in [-0.4, -0.2) is 38.2 Å². The van der Waals surface area contributed by atoms with Crippen molar-refractivity contribution in [2.45, 2.75) is 51.6 Å². The van der Waals surface area contributed by atoms with E-state index in [0.717, 1.165) is 48.3 Å². The fourth-order valence-corrected chi connectivity index (χ4v) is 4.27. The van der Waals surface area contributed by atoms with Crippen LogP contribution in [-0.2, 0) is 6.54 Å². The smallest absolute Gasteiger partial charge is 0.259 e. The van der Waals surface area contributed by atoms with E-state index in [1.54, 1.807) is 16.9 Å². The topological polar surface area (TPSA) is 69.0 Å². The third-order valence-corrected chi connectivity index (χ3v) is 5.78. The lowest BCUT2D eigenvalue weighted by atomic mass is 9.93. The fraction of sp³-hybridized carbons (Fsp3) is 0.409. The predicted molar refractivity (Wildman–Crippen MR) is 107 cm³/mol. The number of nitrogens with zero attached hydrogens (tertiary/aromatic N) is 4. The summed E-state index contributed by atoms with van der Waals surface area (Å²) in [6.07, 6.45) is 10.9. The number of carbonyl (C=O) groups is 1. The van der Waals surface area contributed by atoms with E-state index in [2.05, 4.69) is 10.1 Å². The quantitative estimate of drug-likeness (QED) is 0.677. The number of amides is 1. The van der Waals surface area contributed by atoms with Crippen LogP contribution in [0, 0.1) is 6.92 Å². The van der Waals surface area contributed by atoms with Crippen molar-refractivity contribution in [2.75, 3.05) is 6.79 Å². The first-order chi connectivity index (χ1) is 14.2. The molecular weight excluding hydrogens is 368 g/mol. The van der Waals surface area contributed by atoms with Crippen LogP contribution in [0.15, 0.2) is 36.8 Å². The number of ether oxygens (including phenoxy) is 2. The summed E-state index contributed by atoms with van der Waals surface area (Å²) in [5.41, 5.74) is 3.20. The van der Waals surface area contributed by atoms with Crippen LogP contribution in [0.3, 0.4) is 0 Å². The number of rotatable bonds is 4. The first-order valence-corrected chi connectivity index (χ1v) is 10.2. The van der Waals surface area contributed by atoms with Crippen molar-refractivity contribution in [1.82, 2.24) is 19.5 Å². The van der Waals surface area contributed by atoms with Gasteiger partial charge in [0, 0.05) is 25.0 Å². The van der Waals surface area contributed by atoms with Gasteiger partial charge in [0.2, 0.25) is 6.79 Å². The lowest BCUT2D eigenvalue weighted by molar-refractivity contribution is 0.0616. The number of aryl methyl sites for hydroxylation is 1. The average Bonchev–Trinajstić information content (AvgIpc) is 3.38. The normalized spacial score (nSPS) is 16.3. The summed E-state index contributed by atoms with van der Waals surface area (Å²) in [5.74, 6) is 1.49. The van der Waals surface area contributed by atoms with Crippen LogP contribution in [0.5, 0.6) is 11.5 Å². The second kappa shape index (κ2) is 7.39. The molecule has 7 heteroatoms. The summed E-state index contributed by atoms with van der Waals surface area (Å²) >= 11 is 0.